The van der Waals surface area contributed by atoms with Crippen LogP contribution in [0.4, 0.5) is 4.39 Å². The summed E-state index contributed by atoms with van der Waals surface area (Å²) in [6.45, 7) is 0.0443. The molecule has 1 aromatic rings. The molecule has 0 radical (unpaired) electrons. The monoisotopic (exact) mass is 325 g/mol. The van der Waals surface area contributed by atoms with Gasteiger partial charge in [-0.3, -0.25) is 9.69 Å². The number of piperidine rings is 1. The summed E-state index contributed by atoms with van der Waals surface area (Å²) in [7, 11) is 1.43. The van der Waals surface area contributed by atoms with Crippen LogP contribution in [-0.4, -0.2) is 43.3 Å². The molecule has 3 nitrogen and oxygen atoms in total. The summed E-state index contributed by atoms with van der Waals surface area (Å²) in [5.41, 5.74) is 1.12. The van der Waals surface area contributed by atoms with E-state index >= 15 is 0 Å². The second-order valence-electron chi connectivity index (χ2n) is 6.17. The molecule has 2 bridgehead atoms. The maximum atomic E-state index is 12.9. The quantitative estimate of drug-likeness (QED) is 0.794. The number of carbonyl (C=O) groups excluding carboxylic acids is 1. The average molecular weight is 326 g/mol. The third-order valence-corrected chi connectivity index (χ3v) is 5.43. The maximum absolute atomic E-state index is 12.9. The van der Waals surface area contributed by atoms with Crippen molar-refractivity contribution in [1.29, 1.82) is 0 Å². The number of esters is 1. The standard InChI is InChI=1S/C17H21ClFNO2/c1-22-17(21)16-14(11-2-4-12(18)5-3-11)10-13-6-7-15(16)20(13)9-8-19/h2-5,13-16H,6-10H2,1H3/t13-,14+,15+,16-/m0/s1. The lowest BCUT2D eigenvalue weighted by molar-refractivity contribution is -0.150. The Kier molecular flexibility index (Phi) is 4.69. The summed E-state index contributed by atoms with van der Waals surface area (Å²) in [5, 5.41) is 0.691. The van der Waals surface area contributed by atoms with Crippen LogP contribution in [0.5, 0.6) is 0 Å². The number of hydrogen-bond acceptors (Lipinski definition) is 3. The number of halogens is 2. The summed E-state index contributed by atoms with van der Waals surface area (Å²) in [4.78, 5) is 14.6. The molecular weight excluding hydrogens is 305 g/mol. The Bertz CT molecular complexity index is 536. The molecule has 22 heavy (non-hydrogen) atoms. The van der Waals surface area contributed by atoms with Crippen LogP contribution in [0.3, 0.4) is 0 Å². The number of nitrogens with zero attached hydrogens (tertiary/aromatic N) is 1. The normalized spacial score (nSPS) is 31.2. The zero-order chi connectivity index (χ0) is 15.7. The molecule has 4 atom stereocenters. The molecule has 2 saturated heterocycles. The van der Waals surface area contributed by atoms with E-state index in [0.29, 0.717) is 17.6 Å². The van der Waals surface area contributed by atoms with Crippen LogP contribution in [0, 0.1) is 5.92 Å². The van der Waals surface area contributed by atoms with Gasteiger partial charge in [-0.25, -0.2) is 4.39 Å². The number of alkyl halides is 1. The molecule has 2 heterocycles. The van der Waals surface area contributed by atoms with Crippen molar-refractivity contribution in [3.8, 4) is 0 Å². The fraction of sp³-hybridized carbons (Fsp3) is 0.588. The molecule has 2 aliphatic rings. The molecule has 0 amide bonds. The van der Waals surface area contributed by atoms with Crippen LogP contribution in [0.2, 0.25) is 5.02 Å². The van der Waals surface area contributed by atoms with Gasteiger partial charge < -0.3 is 4.74 Å². The van der Waals surface area contributed by atoms with Gasteiger partial charge in [0.25, 0.3) is 0 Å². The minimum absolute atomic E-state index is 0.0858. The number of carbonyl (C=O) groups is 1. The van der Waals surface area contributed by atoms with E-state index in [1.807, 2.05) is 24.3 Å². The summed E-state index contributed by atoms with van der Waals surface area (Å²) < 4.78 is 17.9. The average Bonchev–Trinajstić information content (AvgIpc) is 2.80. The van der Waals surface area contributed by atoms with E-state index in [4.69, 9.17) is 16.3 Å². The Labute approximate surface area is 135 Å². The second kappa shape index (κ2) is 6.55. The van der Waals surface area contributed by atoms with Crippen LogP contribution in [0.25, 0.3) is 0 Å². The fourth-order valence-corrected chi connectivity index (χ4v) is 4.40. The van der Waals surface area contributed by atoms with Crippen molar-refractivity contribution in [2.24, 2.45) is 5.92 Å². The van der Waals surface area contributed by atoms with Gasteiger partial charge in [0.05, 0.1) is 13.0 Å². The largest absolute Gasteiger partial charge is 0.469 e. The van der Waals surface area contributed by atoms with Gasteiger partial charge in [0, 0.05) is 29.6 Å². The van der Waals surface area contributed by atoms with Gasteiger partial charge in [-0.2, -0.15) is 0 Å². The van der Waals surface area contributed by atoms with E-state index in [2.05, 4.69) is 4.90 Å². The molecule has 120 valence electrons. The highest BCUT2D eigenvalue weighted by atomic mass is 35.5. The lowest BCUT2D eigenvalue weighted by atomic mass is 9.76. The number of benzene rings is 1. The zero-order valence-electron chi connectivity index (χ0n) is 12.7. The van der Waals surface area contributed by atoms with E-state index in [-0.39, 0.29) is 30.5 Å². The molecule has 1 aromatic carbocycles. The topological polar surface area (TPSA) is 29.5 Å². The Morgan fingerprint density at radius 2 is 2.09 bits per heavy atom. The van der Waals surface area contributed by atoms with Crippen LogP contribution < -0.4 is 0 Å². The van der Waals surface area contributed by atoms with E-state index in [1.54, 1.807) is 0 Å². The first-order valence-electron chi connectivity index (χ1n) is 7.80. The van der Waals surface area contributed by atoms with Crippen molar-refractivity contribution in [2.45, 2.75) is 37.3 Å². The highest BCUT2D eigenvalue weighted by Crippen LogP contribution is 2.47. The van der Waals surface area contributed by atoms with Gasteiger partial charge in [-0.05, 0) is 37.0 Å². The highest BCUT2D eigenvalue weighted by Gasteiger charge is 2.50. The van der Waals surface area contributed by atoms with Gasteiger partial charge in [0.2, 0.25) is 0 Å². The molecule has 5 heteroatoms. The van der Waals surface area contributed by atoms with Gasteiger partial charge in [-0.1, -0.05) is 23.7 Å². The Balaban J connectivity index is 1.92. The number of fused-ring (bicyclic) bond motifs is 2. The van der Waals surface area contributed by atoms with Crippen molar-refractivity contribution in [1.82, 2.24) is 4.90 Å². The molecule has 2 aliphatic heterocycles. The molecule has 0 aromatic heterocycles. The Hall–Kier alpha value is -1.13. The number of ether oxygens (including phenoxy) is 1. The first kappa shape index (κ1) is 15.8. The molecule has 0 N–H and O–H groups in total. The minimum atomic E-state index is -0.369. The lowest BCUT2D eigenvalue weighted by Gasteiger charge is -2.43. The third-order valence-electron chi connectivity index (χ3n) is 5.18. The number of hydrogen-bond donors (Lipinski definition) is 0. The van der Waals surface area contributed by atoms with E-state index in [1.165, 1.54) is 7.11 Å². The van der Waals surface area contributed by atoms with Crippen LogP contribution >= 0.6 is 11.6 Å². The van der Waals surface area contributed by atoms with Crippen molar-refractivity contribution >= 4 is 17.6 Å². The fourth-order valence-electron chi connectivity index (χ4n) is 4.27. The van der Waals surface area contributed by atoms with Crippen molar-refractivity contribution < 1.29 is 13.9 Å². The van der Waals surface area contributed by atoms with Gasteiger partial charge in [0.15, 0.2) is 0 Å². The molecule has 0 spiro atoms. The molecule has 3 rings (SSSR count). The Morgan fingerprint density at radius 3 is 2.73 bits per heavy atom. The second-order valence-corrected chi connectivity index (χ2v) is 6.60. The van der Waals surface area contributed by atoms with Crippen molar-refractivity contribution in [2.75, 3.05) is 20.3 Å². The van der Waals surface area contributed by atoms with Crippen LogP contribution in [0.15, 0.2) is 24.3 Å². The number of methoxy groups -OCH3 is 1. The first-order valence-corrected chi connectivity index (χ1v) is 8.18. The Morgan fingerprint density at radius 1 is 1.36 bits per heavy atom. The van der Waals surface area contributed by atoms with Crippen LogP contribution in [-0.2, 0) is 9.53 Å². The summed E-state index contributed by atoms with van der Waals surface area (Å²) in [5.74, 6) is -0.288. The SMILES string of the molecule is COC(=O)[C@H]1[C@@H](c2ccc(Cl)cc2)C[C@@H]2CC[C@H]1N2CCF. The summed E-state index contributed by atoms with van der Waals surface area (Å²) >= 11 is 5.97. The first-order chi connectivity index (χ1) is 10.7. The third kappa shape index (κ3) is 2.74. The van der Waals surface area contributed by atoms with E-state index < -0.39 is 0 Å². The van der Waals surface area contributed by atoms with E-state index in [0.717, 1.165) is 24.8 Å². The van der Waals surface area contributed by atoms with E-state index in [9.17, 15) is 9.18 Å². The minimum Gasteiger partial charge on any atom is -0.469 e. The molecule has 0 unspecified atom stereocenters. The summed E-state index contributed by atoms with van der Waals surface area (Å²) in [6, 6.07) is 8.16. The predicted molar refractivity (Wildman–Crippen MR) is 83.8 cm³/mol. The zero-order valence-corrected chi connectivity index (χ0v) is 13.4. The van der Waals surface area contributed by atoms with Gasteiger partial charge >= 0.3 is 5.97 Å². The van der Waals surface area contributed by atoms with Crippen molar-refractivity contribution in [3.63, 3.8) is 0 Å². The van der Waals surface area contributed by atoms with Gasteiger partial charge in [-0.15, -0.1) is 0 Å². The predicted octanol–water partition coefficient (Wildman–Crippen LogP) is 3.42. The number of rotatable bonds is 4. The van der Waals surface area contributed by atoms with Gasteiger partial charge in [0.1, 0.15) is 6.67 Å². The smallest absolute Gasteiger partial charge is 0.310 e. The highest BCUT2D eigenvalue weighted by molar-refractivity contribution is 6.30. The lowest BCUT2D eigenvalue weighted by Crippen LogP contribution is -2.51. The molecular formula is C17H21ClFNO2. The summed E-state index contributed by atoms with van der Waals surface area (Å²) in [6.07, 6.45) is 2.84. The molecule has 2 fully saturated rings. The van der Waals surface area contributed by atoms with Crippen molar-refractivity contribution in [3.05, 3.63) is 34.9 Å². The molecule has 0 aliphatic carbocycles. The maximum Gasteiger partial charge on any atom is 0.310 e. The molecule has 0 saturated carbocycles. The van der Waals surface area contributed by atoms with Crippen LogP contribution in [0.1, 0.15) is 30.7 Å².